The molecule has 0 aliphatic rings. The van der Waals surface area contributed by atoms with Gasteiger partial charge in [-0.2, -0.15) is 10.4 Å². The number of aryl methyl sites for hydroxylation is 1. The molecule has 0 aliphatic carbocycles. The Morgan fingerprint density at radius 2 is 2.05 bits per heavy atom. The molecule has 6 nitrogen and oxygen atoms in total. The number of hydrogen-bond acceptors (Lipinski definition) is 5. The van der Waals surface area contributed by atoms with Crippen LogP contribution in [0.15, 0.2) is 47.7 Å². The van der Waals surface area contributed by atoms with E-state index in [1.807, 2.05) is 43.3 Å². The van der Waals surface area contributed by atoms with E-state index < -0.39 is 0 Å². The van der Waals surface area contributed by atoms with Gasteiger partial charge in [0.1, 0.15) is 6.07 Å². The fourth-order valence-corrected chi connectivity index (χ4v) is 1.76. The zero-order chi connectivity index (χ0) is 15.2. The highest BCUT2D eigenvalue weighted by atomic mass is 15.3. The average molecular weight is 278 g/mol. The van der Waals surface area contributed by atoms with Gasteiger partial charge in [0.15, 0.2) is 5.84 Å². The Morgan fingerprint density at radius 1 is 1.33 bits per heavy atom. The number of nitrogens with two attached hydrogens (primary N) is 1. The van der Waals surface area contributed by atoms with E-state index in [0.717, 1.165) is 16.8 Å². The summed E-state index contributed by atoms with van der Waals surface area (Å²) in [6.45, 7) is 2.00. The molecule has 0 spiro atoms. The van der Waals surface area contributed by atoms with Crippen LogP contribution in [0.3, 0.4) is 0 Å². The Morgan fingerprint density at radius 3 is 2.62 bits per heavy atom. The van der Waals surface area contributed by atoms with Crippen molar-refractivity contribution in [1.82, 2.24) is 4.98 Å². The predicted molar refractivity (Wildman–Crippen MR) is 83.0 cm³/mol. The van der Waals surface area contributed by atoms with Crippen molar-refractivity contribution in [3.63, 3.8) is 0 Å². The third-order valence-corrected chi connectivity index (χ3v) is 2.83. The number of nitrogens with zero attached hydrogens (tertiary/aromatic N) is 3. The second-order valence-electron chi connectivity index (χ2n) is 4.34. The number of benzene rings is 1. The van der Waals surface area contributed by atoms with E-state index in [4.69, 9.17) is 16.4 Å². The van der Waals surface area contributed by atoms with E-state index in [0.29, 0.717) is 5.69 Å². The van der Waals surface area contributed by atoms with Gasteiger partial charge in [-0.05, 0) is 30.7 Å². The Hall–Kier alpha value is -3.20. The Bertz CT molecular complexity index is 725. The maximum atomic E-state index is 8.75. The van der Waals surface area contributed by atoms with Gasteiger partial charge in [0, 0.05) is 11.8 Å². The topological polar surface area (TPSA) is 111 Å². The molecule has 1 aromatic carbocycles. The van der Waals surface area contributed by atoms with Crippen molar-refractivity contribution in [3.8, 4) is 17.3 Å². The van der Waals surface area contributed by atoms with Gasteiger partial charge in [-0.1, -0.05) is 18.2 Å². The van der Waals surface area contributed by atoms with E-state index in [-0.39, 0.29) is 11.5 Å². The lowest BCUT2D eigenvalue weighted by atomic mass is 10.1. The monoisotopic (exact) mass is 278 g/mol. The summed E-state index contributed by atoms with van der Waals surface area (Å²) >= 11 is 0. The van der Waals surface area contributed by atoms with Gasteiger partial charge < -0.3 is 5.73 Å². The van der Waals surface area contributed by atoms with Gasteiger partial charge in [0.2, 0.25) is 5.71 Å². The maximum absolute atomic E-state index is 8.75. The van der Waals surface area contributed by atoms with E-state index in [2.05, 4.69) is 15.5 Å². The Balaban J connectivity index is 2.19. The van der Waals surface area contributed by atoms with Crippen LogP contribution in [0.5, 0.6) is 0 Å². The smallest absolute Gasteiger partial charge is 0.201 e. The highest BCUT2D eigenvalue weighted by molar-refractivity contribution is 6.45. The van der Waals surface area contributed by atoms with Crippen LogP contribution in [0.4, 0.5) is 5.69 Å². The van der Waals surface area contributed by atoms with E-state index in [9.17, 15) is 0 Å². The van der Waals surface area contributed by atoms with Crippen molar-refractivity contribution in [2.24, 2.45) is 10.8 Å². The van der Waals surface area contributed by atoms with E-state index in [1.165, 1.54) is 0 Å². The largest absolute Gasteiger partial charge is 0.382 e. The van der Waals surface area contributed by atoms with Crippen molar-refractivity contribution < 1.29 is 0 Å². The molecule has 0 atom stereocenters. The molecule has 1 heterocycles. The predicted octanol–water partition coefficient (Wildman–Crippen LogP) is 2.28. The fourth-order valence-electron chi connectivity index (χ4n) is 1.76. The van der Waals surface area contributed by atoms with E-state index in [1.54, 1.807) is 12.3 Å². The van der Waals surface area contributed by atoms with Gasteiger partial charge >= 0.3 is 0 Å². The molecule has 1 aromatic heterocycles. The normalized spacial score (nSPS) is 10.8. The van der Waals surface area contributed by atoms with E-state index >= 15 is 0 Å². The minimum Gasteiger partial charge on any atom is -0.382 e. The van der Waals surface area contributed by atoms with Crippen LogP contribution in [0.2, 0.25) is 0 Å². The lowest BCUT2D eigenvalue weighted by Gasteiger charge is -2.06. The Labute approximate surface area is 122 Å². The number of aromatic nitrogens is 1. The van der Waals surface area contributed by atoms with Crippen LogP contribution in [0.25, 0.3) is 11.3 Å². The molecule has 0 fully saturated rings. The molecule has 0 saturated heterocycles. The fraction of sp³-hybridized carbons (Fsp3) is 0.0667. The molecule has 0 radical (unpaired) electrons. The third kappa shape index (κ3) is 3.42. The van der Waals surface area contributed by atoms with Crippen molar-refractivity contribution in [3.05, 3.63) is 48.2 Å². The SMILES string of the molecule is Cc1cccnc1-c1ccc(N/N=C(\C#N)C(=N)N)cc1. The summed E-state index contributed by atoms with van der Waals surface area (Å²) in [7, 11) is 0. The molecule has 0 unspecified atom stereocenters. The maximum Gasteiger partial charge on any atom is 0.201 e. The summed E-state index contributed by atoms with van der Waals surface area (Å²) in [4.78, 5) is 4.35. The number of nitrogens with one attached hydrogen (secondary N) is 2. The van der Waals surface area contributed by atoms with Crippen LogP contribution in [-0.4, -0.2) is 16.5 Å². The number of pyridine rings is 1. The summed E-state index contributed by atoms with van der Waals surface area (Å²) in [5.41, 5.74) is 11.5. The number of nitriles is 1. The highest BCUT2D eigenvalue weighted by Crippen LogP contribution is 2.22. The van der Waals surface area contributed by atoms with Crippen LogP contribution < -0.4 is 11.2 Å². The summed E-state index contributed by atoms with van der Waals surface area (Å²) in [6.07, 6.45) is 1.75. The van der Waals surface area contributed by atoms with Crippen molar-refractivity contribution >= 4 is 17.2 Å². The van der Waals surface area contributed by atoms with Crippen molar-refractivity contribution in [2.75, 3.05) is 5.43 Å². The molecular formula is C15H14N6. The van der Waals surface area contributed by atoms with Crippen LogP contribution in [-0.2, 0) is 0 Å². The molecule has 4 N–H and O–H groups in total. The highest BCUT2D eigenvalue weighted by Gasteiger charge is 2.03. The van der Waals surface area contributed by atoms with Gasteiger partial charge in [-0.3, -0.25) is 15.8 Å². The molecule has 2 aromatic rings. The molecule has 6 heteroatoms. The number of rotatable bonds is 4. The minimum atomic E-state index is -0.370. The first-order valence-corrected chi connectivity index (χ1v) is 6.22. The standard InChI is InChI=1S/C15H14N6/c1-10-3-2-8-19-14(10)11-4-6-12(7-5-11)20-21-13(9-16)15(17)18/h2-8,20H,1H3,(H3,17,18)/b21-13+. The Kier molecular flexibility index (Phi) is 4.26. The van der Waals surface area contributed by atoms with Gasteiger partial charge in [-0.15, -0.1) is 0 Å². The van der Waals surface area contributed by atoms with Gasteiger partial charge in [-0.25, -0.2) is 0 Å². The zero-order valence-electron chi connectivity index (χ0n) is 11.5. The number of anilines is 1. The molecule has 104 valence electrons. The molecule has 21 heavy (non-hydrogen) atoms. The molecule has 2 rings (SSSR count). The quantitative estimate of drug-likeness (QED) is 0.452. The van der Waals surface area contributed by atoms with Crippen molar-refractivity contribution in [1.29, 1.82) is 10.7 Å². The lowest BCUT2D eigenvalue weighted by molar-refractivity contribution is 1.27. The van der Waals surface area contributed by atoms with Crippen LogP contribution >= 0.6 is 0 Å². The average Bonchev–Trinajstić information content (AvgIpc) is 2.49. The molecule has 0 bridgehead atoms. The molecule has 0 aliphatic heterocycles. The second-order valence-corrected chi connectivity index (χ2v) is 4.34. The molecule has 0 amide bonds. The molecule has 0 saturated carbocycles. The van der Waals surface area contributed by atoms with Crippen LogP contribution in [0, 0.1) is 23.7 Å². The minimum absolute atomic E-state index is 0.153. The first-order valence-electron chi connectivity index (χ1n) is 6.22. The third-order valence-electron chi connectivity index (χ3n) is 2.83. The van der Waals surface area contributed by atoms with Gasteiger partial charge in [0.05, 0.1) is 11.4 Å². The lowest BCUT2D eigenvalue weighted by Crippen LogP contribution is -2.21. The van der Waals surface area contributed by atoms with Crippen LogP contribution in [0.1, 0.15) is 5.56 Å². The second kappa shape index (κ2) is 6.30. The summed E-state index contributed by atoms with van der Waals surface area (Å²) in [5, 5.41) is 19.7. The first kappa shape index (κ1) is 14.2. The summed E-state index contributed by atoms with van der Waals surface area (Å²) in [5.74, 6) is -0.370. The number of amidine groups is 1. The molecular weight excluding hydrogens is 264 g/mol. The number of hydrazone groups is 1. The van der Waals surface area contributed by atoms with Crippen molar-refractivity contribution in [2.45, 2.75) is 6.92 Å². The first-order chi connectivity index (χ1) is 10.1. The van der Waals surface area contributed by atoms with Gasteiger partial charge in [0.25, 0.3) is 0 Å². The summed E-state index contributed by atoms with van der Waals surface area (Å²) in [6, 6.07) is 13.1. The zero-order valence-corrected chi connectivity index (χ0v) is 11.5. The summed E-state index contributed by atoms with van der Waals surface area (Å²) < 4.78 is 0. The number of hydrogen-bond donors (Lipinski definition) is 3.